The number of aryl methyl sites for hydroxylation is 3. The number of benzene rings is 2. The van der Waals surface area contributed by atoms with Gasteiger partial charge in [-0.2, -0.15) is 5.11 Å². The Morgan fingerprint density at radius 1 is 0.840 bits per heavy atom. The van der Waals surface area contributed by atoms with E-state index in [0.717, 1.165) is 42.4 Å². The fraction of sp³-hybridized carbons (Fsp3) is 0.478. The van der Waals surface area contributed by atoms with Gasteiger partial charge in [0.15, 0.2) is 0 Å². The fourth-order valence-electron chi connectivity index (χ4n) is 3.08. The van der Waals surface area contributed by atoms with Crippen molar-refractivity contribution in [3.63, 3.8) is 0 Å². The van der Waals surface area contributed by atoms with Crippen LogP contribution in [-0.4, -0.2) is 0 Å². The van der Waals surface area contributed by atoms with Crippen molar-refractivity contribution in [3.05, 3.63) is 70.3 Å². The molecule has 0 fully saturated rings. The Bertz CT molecular complexity index is 631. The minimum Gasteiger partial charge on any atom is -0.341 e. The first-order valence-electron chi connectivity index (χ1n) is 9.64. The second-order valence-electron chi connectivity index (χ2n) is 6.70. The van der Waals surface area contributed by atoms with Crippen LogP contribution in [0.5, 0.6) is 0 Å². The zero-order valence-corrected chi connectivity index (χ0v) is 15.9. The van der Waals surface area contributed by atoms with Crippen LogP contribution in [0.2, 0.25) is 0 Å². The highest BCUT2D eigenvalue weighted by Gasteiger charge is 2.14. The van der Waals surface area contributed by atoms with Crippen LogP contribution in [0.4, 0.5) is 0 Å². The molecule has 0 amide bonds. The average Bonchev–Trinajstić information content (AvgIpc) is 2.65. The molecule has 0 aliphatic rings. The van der Waals surface area contributed by atoms with Crippen LogP contribution in [0.1, 0.15) is 74.1 Å². The SMILES string of the molecule is CCCCc1ccc(COC([O])c2ccc(CCC)cc2CC)cc1. The molecular weight excluding hydrogens is 308 g/mol. The minimum absolute atomic E-state index is 0.363. The summed E-state index contributed by atoms with van der Waals surface area (Å²) < 4.78 is 5.62. The lowest BCUT2D eigenvalue weighted by atomic mass is 9.99. The Hall–Kier alpha value is -1.64. The van der Waals surface area contributed by atoms with Crippen LogP contribution >= 0.6 is 0 Å². The lowest BCUT2D eigenvalue weighted by Crippen LogP contribution is -2.06. The summed E-state index contributed by atoms with van der Waals surface area (Å²) >= 11 is 0. The van der Waals surface area contributed by atoms with Gasteiger partial charge in [-0.3, -0.25) is 0 Å². The number of hydrogen-bond donors (Lipinski definition) is 0. The van der Waals surface area contributed by atoms with Crippen molar-refractivity contribution in [1.82, 2.24) is 0 Å². The molecule has 25 heavy (non-hydrogen) atoms. The topological polar surface area (TPSA) is 29.1 Å². The summed E-state index contributed by atoms with van der Waals surface area (Å²) in [5.41, 5.74) is 5.60. The fourth-order valence-corrected chi connectivity index (χ4v) is 3.08. The average molecular weight is 339 g/mol. The summed E-state index contributed by atoms with van der Waals surface area (Å²) in [5.74, 6) is 0. The van der Waals surface area contributed by atoms with Crippen LogP contribution < -0.4 is 0 Å². The molecule has 1 atom stereocenters. The van der Waals surface area contributed by atoms with Crippen LogP contribution in [0.25, 0.3) is 0 Å². The molecule has 0 spiro atoms. The molecule has 0 heterocycles. The van der Waals surface area contributed by atoms with Crippen LogP contribution in [0.15, 0.2) is 42.5 Å². The normalized spacial score (nSPS) is 12.3. The first-order chi connectivity index (χ1) is 12.2. The summed E-state index contributed by atoms with van der Waals surface area (Å²) in [6.45, 7) is 6.83. The molecule has 1 unspecified atom stereocenters. The van der Waals surface area contributed by atoms with Gasteiger partial charge in [-0.15, -0.1) is 0 Å². The maximum absolute atomic E-state index is 12.5. The van der Waals surface area contributed by atoms with E-state index < -0.39 is 6.29 Å². The molecule has 0 aromatic heterocycles. The van der Waals surface area contributed by atoms with Gasteiger partial charge >= 0.3 is 0 Å². The van der Waals surface area contributed by atoms with Gasteiger partial charge in [0.1, 0.15) is 0 Å². The quantitative estimate of drug-likeness (QED) is 0.474. The number of rotatable bonds is 10. The molecule has 0 saturated carbocycles. The van der Waals surface area contributed by atoms with Gasteiger partial charge in [-0.05, 0) is 47.9 Å². The second kappa shape index (κ2) is 10.4. The summed E-state index contributed by atoms with van der Waals surface area (Å²) in [5, 5.41) is 12.5. The Kier molecular flexibility index (Phi) is 8.17. The van der Waals surface area contributed by atoms with Crippen LogP contribution in [0.3, 0.4) is 0 Å². The number of ether oxygens (including phenoxy) is 1. The predicted molar refractivity (Wildman–Crippen MR) is 103 cm³/mol. The lowest BCUT2D eigenvalue weighted by Gasteiger charge is -2.15. The molecule has 0 N–H and O–H groups in total. The number of hydrogen-bond acceptors (Lipinski definition) is 1. The third-order valence-electron chi connectivity index (χ3n) is 4.62. The first kappa shape index (κ1) is 19.7. The van der Waals surface area contributed by atoms with Crippen molar-refractivity contribution in [2.45, 2.75) is 72.2 Å². The summed E-state index contributed by atoms with van der Waals surface area (Å²) in [6.07, 6.45) is 5.46. The second-order valence-corrected chi connectivity index (χ2v) is 6.70. The van der Waals surface area contributed by atoms with Crippen molar-refractivity contribution in [1.29, 1.82) is 0 Å². The van der Waals surface area contributed by atoms with E-state index in [4.69, 9.17) is 4.74 Å². The van der Waals surface area contributed by atoms with Crippen molar-refractivity contribution in [2.24, 2.45) is 0 Å². The van der Waals surface area contributed by atoms with Crippen molar-refractivity contribution < 1.29 is 9.84 Å². The van der Waals surface area contributed by atoms with Crippen molar-refractivity contribution >= 4 is 0 Å². The highest BCUT2D eigenvalue weighted by atomic mass is 16.6. The molecule has 2 nitrogen and oxygen atoms in total. The third-order valence-corrected chi connectivity index (χ3v) is 4.62. The van der Waals surface area contributed by atoms with Gasteiger partial charge in [-0.1, -0.05) is 76.1 Å². The summed E-state index contributed by atoms with van der Waals surface area (Å²) in [6, 6.07) is 14.6. The van der Waals surface area contributed by atoms with Gasteiger partial charge in [0.05, 0.1) is 6.61 Å². The van der Waals surface area contributed by atoms with E-state index in [2.05, 4.69) is 57.2 Å². The summed E-state index contributed by atoms with van der Waals surface area (Å²) in [4.78, 5) is 0. The molecule has 2 aromatic carbocycles. The highest BCUT2D eigenvalue weighted by molar-refractivity contribution is 5.33. The van der Waals surface area contributed by atoms with E-state index in [1.54, 1.807) is 0 Å². The first-order valence-corrected chi connectivity index (χ1v) is 9.64. The molecule has 135 valence electrons. The van der Waals surface area contributed by atoms with Crippen LogP contribution in [0, 0.1) is 0 Å². The Morgan fingerprint density at radius 3 is 2.16 bits per heavy atom. The Labute approximate surface area is 152 Å². The molecule has 2 rings (SSSR count). The van der Waals surface area contributed by atoms with Crippen LogP contribution in [-0.2, 0) is 35.7 Å². The van der Waals surface area contributed by atoms with Crippen molar-refractivity contribution in [3.8, 4) is 0 Å². The van der Waals surface area contributed by atoms with Gasteiger partial charge < -0.3 is 4.74 Å². The third kappa shape index (κ3) is 5.98. The van der Waals surface area contributed by atoms with Gasteiger partial charge in [0.2, 0.25) is 6.29 Å². The molecule has 0 aliphatic carbocycles. The van der Waals surface area contributed by atoms with E-state index in [0.29, 0.717) is 6.61 Å². The monoisotopic (exact) mass is 339 g/mol. The number of unbranched alkanes of at least 4 members (excludes halogenated alkanes) is 1. The zero-order valence-electron chi connectivity index (χ0n) is 15.9. The molecule has 0 aliphatic heterocycles. The predicted octanol–water partition coefficient (Wildman–Crippen LogP) is 6.19. The Morgan fingerprint density at radius 2 is 1.52 bits per heavy atom. The van der Waals surface area contributed by atoms with E-state index >= 15 is 0 Å². The molecule has 1 radical (unpaired) electrons. The highest BCUT2D eigenvalue weighted by Crippen LogP contribution is 2.24. The van der Waals surface area contributed by atoms with E-state index in [1.165, 1.54) is 24.0 Å². The van der Waals surface area contributed by atoms with Gasteiger partial charge in [0, 0.05) is 5.56 Å². The molecule has 0 saturated heterocycles. The largest absolute Gasteiger partial charge is 0.341 e. The maximum atomic E-state index is 12.5. The van der Waals surface area contributed by atoms with Crippen molar-refractivity contribution in [2.75, 3.05) is 0 Å². The van der Waals surface area contributed by atoms with E-state index in [9.17, 15) is 5.11 Å². The van der Waals surface area contributed by atoms with E-state index in [1.807, 2.05) is 6.07 Å². The standard InChI is InChI=1S/C23H31O2/c1-4-7-9-18-10-12-20(13-11-18)17-25-23(24)22-15-14-19(8-5-2)16-21(22)6-3/h10-16,23H,4-9,17H2,1-3H3. The molecule has 0 bridgehead atoms. The zero-order chi connectivity index (χ0) is 18.1. The molecule has 2 aromatic rings. The van der Waals surface area contributed by atoms with E-state index in [-0.39, 0.29) is 0 Å². The smallest absolute Gasteiger partial charge is 0.218 e. The lowest BCUT2D eigenvalue weighted by molar-refractivity contribution is -0.152. The molecular formula is C23H31O2. The maximum Gasteiger partial charge on any atom is 0.218 e. The Balaban J connectivity index is 1.96. The van der Waals surface area contributed by atoms with Gasteiger partial charge in [0.25, 0.3) is 0 Å². The minimum atomic E-state index is -1.12. The summed E-state index contributed by atoms with van der Waals surface area (Å²) in [7, 11) is 0. The molecule has 2 heteroatoms. The van der Waals surface area contributed by atoms with Gasteiger partial charge in [-0.25, -0.2) is 0 Å².